The number of anilines is 1. The van der Waals surface area contributed by atoms with Gasteiger partial charge in [0.25, 0.3) is 0 Å². The van der Waals surface area contributed by atoms with Crippen molar-refractivity contribution in [2.24, 2.45) is 0 Å². The second-order valence-corrected chi connectivity index (χ2v) is 6.83. The minimum atomic E-state index is -0.210. The van der Waals surface area contributed by atoms with Crippen LogP contribution in [-0.4, -0.2) is 44.5 Å². The van der Waals surface area contributed by atoms with Crippen LogP contribution in [0.3, 0.4) is 0 Å². The Kier molecular flexibility index (Phi) is 6.82. The molecule has 1 aliphatic heterocycles. The topological polar surface area (TPSA) is 65.9 Å². The van der Waals surface area contributed by atoms with Gasteiger partial charge in [-0.1, -0.05) is 48.5 Å². The number of nitrogens with zero attached hydrogens (tertiary/aromatic N) is 1. The van der Waals surface area contributed by atoms with Crippen molar-refractivity contribution in [1.82, 2.24) is 10.9 Å². The number of benzene rings is 2. The lowest BCUT2D eigenvalue weighted by molar-refractivity contribution is -0.900. The predicted molar refractivity (Wildman–Crippen MR) is 105 cm³/mol. The van der Waals surface area contributed by atoms with Crippen LogP contribution in [0.4, 0.5) is 5.69 Å². The first kappa shape index (κ1) is 18.9. The first-order chi connectivity index (χ1) is 13.2. The lowest BCUT2D eigenvalue weighted by Gasteiger charge is -2.33. The third-order valence-electron chi connectivity index (χ3n) is 4.85. The summed E-state index contributed by atoms with van der Waals surface area (Å²) in [6, 6.07) is 19.9. The number of nitrogens with one attached hydrogen (secondary N) is 3. The number of hydrogen-bond acceptors (Lipinski definition) is 3. The van der Waals surface area contributed by atoms with Gasteiger partial charge in [0.15, 0.2) is 0 Å². The van der Waals surface area contributed by atoms with Gasteiger partial charge in [0.1, 0.15) is 0 Å². The van der Waals surface area contributed by atoms with E-state index in [1.807, 2.05) is 36.4 Å². The lowest BCUT2D eigenvalue weighted by Crippen LogP contribution is -3.15. The fourth-order valence-corrected chi connectivity index (χ4v) is 3.29. The molecule has 1 aliphatic rings. The van der Waals surface area contributed by atoms with Crippen LogP contribution in [0.15, 0.2) is 60.7 Å². The summed E-state index contributed by atoms with van der Waals surface area (Å²) in [5.74, 6) is -0.354. The second kappa shape index (κ2) is 9.73. The van der Waals surface area contributed by atoms with E-state index in [-0.39, 0.29) is 18.2 Å². The summed E-state index contributed by atoms with van der Waals surface area (Å²) >= 11 is 0. The predicted octanol–water partition coefficient (Wildman–Crippen LogP) is 0.172. The van der Waals surface area contributed by atoms with Crippen LogP contribution in [0, 0.1) is 0 Å². The lowest BCUT2D eigenvalue weighted by atomic mass is 10.1. The summed E-state index contributed by atoms with van der Waals surface area (Å²) in [5, 5.41) is 0. The van der Waals surface area contributed by atoms with Crippen molar-refractivity contribution >= 4 is 17.5 Å². The Hall–Kier alpha value is -2.86. The van der Waals surface area contributed by atoms with Crippen molar-refractivity contribution in [3.05, 3.63) is 66.2 Å². The average Bonchev–Trinajstić information content (AvgIpc) is 2.72. The van der Waals surface area contributed by atoms with Crippen molar-refractivity contribution in [3.63, 3.8) is 0 Å². The molecule has 142 valence electrons. The largest absolute Gasteiger partial charge is 0.360 e. The van der Waals surface area contributed by atoms with Gasteiger partial charge in [-0.15, -0.1) is 0 Å². The van der Waals surface area contributed by atoms with Gasteiger partial charge in [-0.3, -0.25) is 20.4 Å². The number of carbonyl (C=O) groups is 2. The fourth-order valence-electron chi connectivity index (χ4n) is 3.29. The van der Waals surface area contributed by atoms with Gasteiger partial charge in [0, 0.05) is 5.69 Å². The average molecular weight is 367 g/mol. The molecule has 2 aromatic carbocycles. The molecule has 0 radical (unpaired) electrons. The van der Waals surface area contributed by atoms with E-state index in [1.54, 1.807) is 0 Å². The first-order valence-corrected chi connectivity index (χ1v) is 9.46. The maximum Gasteiger partial charge on any atom is 0.244 e. The van der Waals surface area contributed by atoms with E-state index in [2.05, 4.69) is 40.0 Å². The van der Waals surface area contributed by atoms with E-state index < -0.39 is 0 Å². The van der Waals surface area contributed by atoms with Gasteiger partial charge in [-0.25, -0.2) is 0 Å². The third-order valence-corrected chi connectivity index (χ3v) is 4.85. The van der Waals surface area contributed by atoms with E-state index >= 15 is 0 Å². The third kappa shape index (κ3) is 6.11. The number of carbonyl (C=O) groups excluding carboxylic acids is 2. The van der Waals surface area contributed by atoms with Crippen molar-refractivity contribution in [2.75, 3.05) is 37.6 Å². The highest BCUT2D eigenvalue weighted by Crippen LogP contribution is 2.12. The molecule has 27 heavy (non-hydrogen) atoms. The van der Waals surface area contributed by atoms with Crippen LogP contribution < -0.4 is 20.7 Å². The molecule has 3 rings (SSSR count). The van der Waals surface area contributed by atoms with Gasteiger partial charge in [-0.05, 0) is 17.7 Å². The summed E-state index contributed by atoms with van der Waals surface area (Å²) in [6.07, 6.45) is 0.667. The SMILES string of the molecule is O=C(CC[NH+]1CCN(c2ccccc2)CC1)NNC(=O)Cc1ccccc1. The molecular weight excluding hydrogens is 340 g/mol. The minimum absolute atomic E-state index is 0.144. The standard InChI is InChI=1S/C21H26N4O2/c26-20(22-23-21(27)17-18-7-3-1-4-8-18)11-12-24-13-15-25(16-14-24)19-9-5-2-6-10-19/h1-10H,11-17H2,(H,22,26)(H,23,27)/p+1. The number of hydrazine groups is 1. The van der Waals surface area contributed by atoms with Crippen LogP contribution in [-0.2, 0) is 16.0 Å². The van der Waals surface area contributed by atoms with E-state index in [4.69, 9.17) is 0 Å². The molecule has 0 atom stereocenters. The Balaban J connectivity index is 1.31. The summed E-state index contributed by atoms with van der Waals surface area (Å²) in [6.45, 7) is 4.80. The maximum atomic E-state index is 12.0. The van der Waals surface area contributed by atoms with Crippen molar-refractivity contribution in [2.45, 2.75) is 12.8 Å². The Morgan fingerprint density at radius 2 is 1.44 bits per heavy atom. The molecule has 2 aromatic rings. The molecule has 1 heterocycles. The number of hydrogen-bond donors (Lipinski definition) is 3. The van der Waals surface area contributed by atoms with Crippen LogP contribution >= 0.6 is 0 Å². The zero-order chi connectivity index (χ0) is 18.9. The zero-order valence-electron chi connectivity index (χ0n) is 15.5. The Bertz CT molecular complexity index is 728. The molecule has 0 spiro atoms. The van der Waals surface area contributed by atoms with Gasteiger partial charge < -0.3 is 9.80 Å². The van der Waals surface area contributed by atoms with Crippen molar-refractivity contribution in [3.8, 4) is 0 Å². The Morgan fingerprint density at radius 3 is 2.11 bits per heavy atom. The monoisotopic (exact) mass is 367 g/mol. The minimum Gasteiger partial charge on any atom is -0.360 e. The van der Waals surface area contributed by atoms with Gasteiger partial charge in [-0.2, -0.15) is 0 Å². The molecule has 1 saturated heterocycles. The summed E-state index contributed by atoms with van der Waals surface area (Å²) in [7, 11) is 0. The molecule has 6 nitrogen and oxygen atoms in total. The summed E-state index contributed by atoms with van der Waals surface area (Å²) in [5.41, 5.74) is 7.19. The highest BCUT2D eigenvalue weighted by molar-refractivity contribution is 5.83. The number of quaternary nitrogens is 1. The van der Waals surface area contributed by atoms with E-state index in [0.717, 1.165) is 38.3 Å². The van der Waals surface area contributed by atoms with Crippen LogP contribution in [0.2, 0.25) is 0 Å². The van der Waals surface area contributed by atoms with Gasteiger partial charge in [0.05, 0.1) is 45.6 Å². The maximum absolute atomic E-state index is 12.0. The molecule has 0 unspecified atom stereocenters. The molecule has 0 aliphatic carbocycles. The van der Waals surface area contributed by atoms with Gasteiger partial charge >= 0.3 is 0 Å². The first-order valence-electron chi connectivity index (χ1n) is 9.46. The molecule has 2 amide bonds. The van der Waals surface area contributed by atoms with Crippen LogP contribution in [0.1, 0.15) is 12.0 Å². The number of para-hydroxylation sites is 1. The number of piperazine rings is 1. The molecular formula is C21H27N4O2+. The molecule has 3 N–H and O–H groups in total. The second-order valence-electron chi connectivity index (χ2n) is 6.83. The number of rotatable bonds is 6. The Labute approximate surface area is 160 Å². The van der Waals surface area contributed by atoms with Crippen molar-refractivity contribution in [1.29, 1.82) is 0 Å². The van der Waals surface area contributed by atoms with Gasteiger partial charge in [0.2, 0.25) is 11.8 Å². The van der Waals surface area contributed by atoms with Crippen LogP contribution in [0.25, 0.3) is 0 Å². The quantitative estimate of drug-likeness (QED) is 0.638. The molecule has 0 bridgehead atoms. The summed E-state index contributed by atoms with van der Waals surface area (Å²) in [4.78, 5) is 27.6. The zero-order valence-corrected chi connectivity index (χ0v) is 15.5. The smallest absolute Gasteiger partial charge is 0.244 e. The molecule has 0 saturated carbocycles. The van der Waals surface area contributed by atoms with Crippen LogP contribution in [0.5, 0.6) is 0 Å². The van der Waals surface area contributed by atoms with Crippen molar-refractivity contribution < 1.29 is 14.5 Å². The van der Waals surface area contributed by atoms with E-state index in [9.17, 15) is 9.59 Å². The molecule has 0 aromatic heterocycles. The fraction of sp³-hybridized carbons (Fsp3) is 0.333. The Morgan fingerprint density at radius 1 is 0.852 bits per heavy atom. The highest BCUT2D eigenvalue weighted by Gasteiger charge is 2.20. The van der Waals surface area contributed by atoms with E-state index in [1.165, 1.54) is 10.6 Å². The summed E-state index contributed by atoms with van der Waals surface area (Å²) < 4.78 is 0. The van der Waals surface area contributed by atoms with E-state index in [0.29, 0.717) is 6.42 Å². The highest BCUT2D eigenvalue weighted by atomic mass is 16.2. The molecule has 6 heteroatoms. The number of amides is 2. The normalized spacial score (nSPS) is 14.6. The molecule has 1 fully saturated rings.